The van der Waals surface area contributed by atoms with Crippen LogP contribution in [0.4, 0.5) is 13.2 Å². The molecule has 0 fully saturated rings. The van der Waals surface area contributed by atoms with Crippen molar-refractivity contribution < 1.29 is 17.9 Å². The molecule has 1 rings (SSSR count). The standard InChI is InChI=1S/C11H13ClF3NO.ClH/c1-17-10-6-7(2-3-8(10)12)9(16)4-5-11(13,14)15;/h2-3,6,9H,4-5,16H2,1H3;1H/t9-;/m1./s1. The molecule has 0 spiro atoms. The van der Waals surface area contributed by atoms with Crippen molar-refractivity contribution in [2.24, 2.45) is 5.73 Å². The highest BCUT2D eigenvalue weighted by molar-refractivity contribution is 6.32. The average Bonchev–Trinajstić information content (AvgIpc) is 2.25. The Labute approximate surface area is 115 Å². The van der Waals surface area contributed by atoms with Gasteiger partial charge in [-0.1, -0.05) is 17.7 Å². The highest BCUT2D eigenvalue weighted by Crippen LogP contribution is 2.30. The van der Waals surface area contributed by atoms with E-state index in [1.165, 1.54) is 7.11 Å². The maximum Gasteiger partial charge on any atom is 0.389 e. The van der Waals surface area contributed by atoms with E-state index in [1.807, 2.05) is 0 Å². The van der Waals surface area contributed by atoms with E-state index in [0.717, 1.165) is 0 Å². The smallest absolute Gasteiger partial charge is 0.389 e. The third kappa shape index (κ3) is 5.33. The predicted octanol–water partition coefficient (Wildman–Crippen LogP) is 4.11. The van der Waals surface area contributed by atoms with Gasteiger partial charge in [-0.2, -0.15) is 13.2 Å². The van der Waals surface area contributed by atoms with Crippen molar-refractivity contribution in [2.45, 2.75) is 25.1 Å². The maximum absolute atomic E-state index is 12.0. The third-order valence-electron chi connectivity index (χ3n) is 2.34. The van der Waals surface area contributed by atoms with Crippen LogP contribution in [0.5, 0.6) is 5.75 Å². The van der Waals surface area contributed by atoms with Crippen LogP contribution in [-0.2, 0) is 0 Å². The van der Waals surface area contributed by atoms with Gasteiger partial charge in [0.15, 0.2) is 0 Å². The number of alkyl halides is 3. The lowest BCUT2D eigenvalue weighted by Crippen LogP contribution is -2.15. The number of halogens is 5. The van der Waals surface area contributed by atoms with Crippen LogP contribution in [0, 0.1) is 0 Å². The number of ether oxygens (including phenoxy) is 1. The van der Waals surface area contributed by atoms with Gasteiger partial charge in [0.25, 0.3) is 0 Å². The van der Waals surface area contributed by atoms with E-state index >= 15 is 0 Å². The van der Waals surface area contributed by atoms with Crippen LogP contribution in [-0.4, -0.2) is 13.3 Å². The molecule has 0 amide bonds. The molecule has 0 unspecified atom stereocenters. The Kier molecular flexibility index (Phi) is 6.81. The summed E-state index contributed by atoms with van der Waals surface area (Å²) < 4.78 is 41.1. The Morgan fingerprint density at radius 3 is 2.50 bits per heavy atom. The zero-order chi connectivity index (χ0) is 13.1. The summed E-state index contributed by atoms with van der Waals surface area (Å²) in [6.07, 6.45) is -5.25. The second-order valence-corrected chi connectivity index (χ2v) is 4.06. The summed E-state index contributed by atoms with van der Waals surface area (Å²) in [5.74, 6) is 0.409. The summed E-state index contributed by atoms with van der Waals surface area (Å²) in [7, 11) is 1.44. The highest BCUT2D eigenvalue weighted by atomic mass is 35.5. The first-order chi connectivity index (χ1) is 7.83. The van der Waals surface area contributed by atoms with Crippen LogP contribution in [0.2, 0.25) is 5.02 Å². The molecule has 0 aliphatic carbocycles. The maximum atomic E-state index is 12.0. The van der Waals surface area contributed by atoms with Gasteiger partial charge in [0, 0.05) is 12.5 Å². The molecule has 0 saturated heterocycles. The molecule has 0 aliphatic heterocycles. The minimum Gasteiger partial charge on any atom is -0.495 e. The van der Waals surface area contributed by atoms with Crippen LogP contribution in [0.25, 0.3) is 0 Å². The Balaban J connectivity index is 0.00000289. The molecule has 0 aliphatic rings. The van der Waals surface area contributed by atoms with Gasteiger partial charge in [-0.05, 0) is 24.1 Å². The van der Waals surface area contributed by atoms with Gasteiger partial charge < -0.3 is 10.5 Å². The number of methoxy groups -OCH3 is 1. The number of hydrogen-bond acceptors (Lipinski definition) is 2. The van der Waals surface area contributed by atoms with Crippen molar-refractivity contribution in [2.75, 3.05) is 7.11 Å². The van der Waals surface area contributed by atoms with Crippen LogP contribution < -0.4 is 10.5 Å². The molecule has 104 valence electrons. The predicted molar refractivity (Wildman–Crippen MR) is 67.5 cm³/mol. The fourth-order valence-electron chi connectivity index (χ4n) is 1.39. The first-order valence-corrected chi connectivity index (χ1v) is 5.37. The lowest BCUT2D eigenvalue weighted by molar-refractivity contribution is -0.136. The van der Waals surface area contributed by atoms with E-state index in [0.29, 0.717) is 16.3 Å². The van der Waals surface area contributed by atoms with Gasteiger partial charge in [0.05, 0.1) is 12.1 Å². The highest BCUT2D eigenvalue weighted by Gasteiger charge is 2.27. The van der Waals surface area contributed by atoms with Gasteiger partial charge in [-0.25, -0.2) is 0 Å². The zero-order valence-electron chi connectivity index (χ0n) is 9.63. The summed E-state index contributed by atoms with van der Waals surface area (Å²) in [4.78, 5) is 0. The average molecular weight is 304 g/mol. The second-order valence-electron chi connectivity index (χ2n) is 3.65. The summed E-state index contributed by atoms with van der Waals surface area (Å²) in [6, 6.07) is 4.04. The quantitative estimate of drug-likeness (QED) is 0.908. The van der Waals surface area contributed by atoms with Gasteiger partial charge >= 0.3 is 6.18 Å². The van der Waals surface area contributed by atoms with Crippen molar-refractivity contribution in [3.05, 3.63) is 28.8 Å². The second kappa shape index (κ2) is 7.07. The van der Waals surface area contributed by atoms with E-state index in [4.69, 9.17) is 22.1 Å². The van der Waals surface area contributed by atoms with Crippen molar-refractivity contribution in [3.63, 3.8) is 0 Å². The van der Waals surface area contributed by atoms with E-state index < -0.39 is 18.6 Å². The first-order valence-electron chi connectivity index (χ1n) is 4.99. The first kappa shape index (κ1) is 17.4. The van der Waals surface area contributed by atoms with Crippen LogP contribution >= 0.6 is 24.0 Å². The summed E-state index contributed by atoms with van der Waals surface area (Å²) >= 11 is 5.80. The van der Waals surface area contributed by atoms with Crippen molar-refractivity contribution >= 4 is 24.0 Å². The number of rotatable bonds is 4. The van der Waals surface area contributed by atoms with Crippen LogP contribution in [0.1, 0.15) is 24.4 Å². The van der Waals surface area contributed by atoms with Gasteiger partial charge in [0.2, 0.25) is 0 Å². The van der Waals surface area contributed by atoms with Gasteiger partial charge in [-0.3, -0.25) is 0 Å². The molecular formula is C11H14Cl2F3NO. The Morgan fingerprint density at radius 1 is 1.39 bits per heavy atom. The molecule has 1 aromatic rings. The molecule has 2 nitrogen and oxygen atoms in total. The van der Waals surface area contributed by atoms with Gasteiger partial charge in [-0.15, -0.1) is 12.4 Å². The van der Waals surface area contributed by atoms with Crippen molar-refractivity contribution in [3.8, 4) is 5.75 Å². The Morgan fingerprint density at radius 2 is 2.00 bits per heavy atom. The largest absolute Gasteiger partial charge is 0.495 e. The van der Waals surface area contributed by atoms with Crippen LogP contribution in [0.15, 0.2) is 18.2 Å². The van der Waals surface area contributed by atoms with E-state index in [9.17, 15) is 13.2 Å². The monoisotopic (exact) mass is 303 g/mol. The normalized spacial score (nSPS) is 12.8. The molecule has 0 heterocycles. The SMILES string of the molecule is COc1cc([C@H](N)CCC(F)(F)F)ccc1Cl.Cl. The molecular weight excluding hydrogens is 290 g/mol. The summed E-state index contributed by atoms with van der Waals surface area (Å²) in [6.45, 7) is 0. The molecule has 0 radical (unpaired) electrons. The third-order valence-corrected chi connectivity index (χ3v) is 2.65. The molecule has 0 aromatic heterocycles. The zero-order valence-corrected chi connectivity index (χ0v) is 11.2. The lowest BCUT2D eigenvalue weighted by Gasteiger charge is -2.15. The van der Waals surface area contributed by atoms with Crippen molar-refractivity contribution in [1.29, 1.82) is 0 Å². The van der Waals surface area contributed by atoms with E-state index in [1.54, 1.807) is 18.2 Å². The minimum absolute atomic E-state index is 0. The van der Waals surface area contributed by atoms with E-state index in [2.05, 4.69) is 0 Å². The number of hydrogen-bond donors (Lipinski definition) is 1. The van der Waals surface area contributed by atoms with Crippen LogP contribution in [0.3, 0.4) is 0 Å². The topological polar surface area (TPSA) is 35.2 Å². The Hall–Kier alpha value is -0.650. The molecule has 1 aromatic carbocycles. The fraction of sp³-hybridized carbons (Fsp3) is 0.455. The Bertz CT molecular complexity index is 385. The number of nitrogens with two attached hydrogens (primary N) is 1. The molecule has 0 bridgehead atoms. The summed E-state index contributed by atoms with van der Waals surface area (Å²) in [5, 5.41) is 0.402. The number of benzene rings is 1. The molecule has 0 saturated carbocycles. The minimum atomic E-state index is -4.19. The van der Waals surface area contributed by atoms with Crippen molar-refractivity contribution in [1.82, 2.24) is 0 Å². The molecule has 2 N–H and O–H groups in total. The summed E-state index contributed by atoms with van der Waals surface area (Å²) in [5.41, 5.74) is 6.26. The van der Waals surface area contributed by atoms with E-state index in [-0.39, 0.29) is 18.8 Å². The fourth-order valence-corrected chi connectivity index (χ4v) is 1.59. The molecule has 18 heavy (non-hydrogen) atoms. The van der Waals surface area contributed by atoms with Gasteiger partial charge in [0.1, 0.15) is 5.75 Å². The molecule has 7 heteroatoms. The molecule has 1 atom stereocenters. The lowest BCUT2D eigenvalue weighted by atomic mass is 10.0.